The maximum Gasteiger partial charge on any atom is 0.161 e. The van der Waals surface area contributed by atoms with Gasteiger partial charge in [-0.2, -0.15) is 5.10 Å². The second-order valence-corrected chi connectivity index (χ2v) is 4.61. The third-order valence-corrected chi connectivity index (χ3v) is 3.59. The summed E-state index contributed by atoms with van der Waals surface area (Å²) in [5.41, 5.74) is 3.37. The van der Waals surface area contributed by atoms with Crippen molar-refractivity contribution in [1.29, 1.82) is 0 Å². The molecule has 1 aromatic heterocycles. The van der Waals surface area contributed by atoms with Crippen LogP contribution in [0.1, 0.15) is 45.9 Å². The highest BCUT2D eigenvalue weighted by Crippen LogP contribution is 2.36. The molecule has 1 aromatic rings. The highest BCUT2D eigenvalue weighted by atomic mass is 16.5. The summed E-state index contributed by atoms with van der Waals surface area (Å²) in [7, 11) is 1.64. The van der Waals surface area contributed by atoms with Crippen LogP contribution in [-0.4, -0.2) is 29.1 Å². The van der Waals surface area contributed by atoms with Crippen molar-refractivity contribution in [3.05, 3.63) is 11.9 Å². The number of rotatable bonds is 8. The highest BCUT2D eigenvalue weighted by Gasteiger charge is 2.38. The molecule has 6 nitrogen and oxygen atoms in total. The van der Waals surface area contributed by atoms with Gasteiger partial charge in [0, 0.05) is 13.2 Å². The van der Waals surface area contributed by atoms with Crippen molar-refractivity contribution in [2.75, 3.05) is 13.7 Å². The monoisotopic (exact) mass is 270 g/mol. The largest absolute Gasteiger partial charge is 0.493 e. The Hall–Kier alpha value is -1.11. The van der Waals surface area contributed by atoms with Crippen molar-refractivity contribution < 1.29 is 9.47 Å². The highest BCUT2D eigenvalue weighted by molar-refractivity contribution is 5.30. The lowest BCUT2D eigenvalue weighted by Gasteiger charge is -2.36. The summed E-state index contributed by atoms with van der Waals surface area (Å²) in [5, 5.41) is 4.32. The van der Waals surface area contributed by atoms with Crippen LogP contribution in [0.3, 0.4) is 0 Å². The Morgan fingerprint density at radius 3 is 2.58 bits per heavy atom. The number of hydrogen-bond donors (Lipinski definition) is 2. The Labute approximate surface area is 115 Å². The van der Waals surface area contributed by atoms with Crippen molar-refractivity contribution >= 4 is 0 Å². The fourth-order valence-corrected chi connectivity index (χ4v) is 2.34. The first-order chi connectivity index (χ1) is 9.07. The van der Waals surface area contributed by atoms with E-state index in [0.717, 1.165) is 24.4 Å². The van der Waals surface area contributed by atoms with Crippen molar-refractivity contribution in [1.82, 2.24) is 15.2 Å². The second-order valence-electron chi connectivity index (χ2n) is 4.61. The first-order valence-electron chi connectivity index (χ1n) is 6.77. The Kier molecular flexibility index (Phi) is 5.78. The van der Waals surface area contributed by atoms with Crippen LogP contribution < -0.4 is 16.0 Å². The van der Waals surface area contributed by atoms with Gasteiger partial charge in [-0.25, -0.2) is 5.43 Å². The predicted molar refractivity (Wildman–Crippen MR) is 74.8 cm³/mol. The standard InChI is InChI=1S/C13H26N4O2/c1-6-13(4,19-8-3)12(16-14)11-10(18-5)9-15-17(11)7-2/h9,12,16H,6-8,14H2,1-5H3. The lowest BCUT2D eigenvalue weighted by Crippen LogP contribution is -2.47. The number of nitrogens with two attached hydrogens (primary N) is 1. The van der Waals surface area contributed by atoms with Crippen LogP contribution in [0.5, 0.6) is 5.75 Å². The van der Waals surface area contributed by atoms with Gasteiger partial charge in [-0.3, -0.25) is 10.5 Å². The van der Waals surface area contributed by atoms with E-state index in [1.165, 1.54) is 0 Å². The molecule has 19 heavy (non-hydrogen) atoms. The second kappa shape index (κ2) is 6.88. The Balaban J connectivity index is 3.25. The third-order valence-electron chi connectivity index (χ3n) is 3.59. The van der Waals surface area contributed by atoms with Crippen molar-refractivity contribution in [2.24, 2.45) is 5.84 Å². The van der Waals surface area contributed by atoms with E-state index >= 15 is 0 Å². The first-order valence-corrected chi connectivity index (χ1v) is 6.77. The van der Waals surface area contributed by atoms with Crippen LogP contribution in [0.25, 0.3) is 0 Å². The minimum atomic E-state index is -0.413. The van der Waals surface area contributed by atoms with Crippen LogP contribution in [-0.2, 0) is 11.3 Å². The van der Waals surface area contributed by atoms with Gasteiger partial charge in [-0.15, -0.1) is 0 Å². The van der Waals surface area contributed by atoms with E-state index in [-0.39, 0.29) is 6.04 Å². The normalized spacial score (nSPS) is 16.1. The Bertz CT molecular complexity index is 372. The molecule has 0 amide bonds. The minimum Gasteiger partial charge on any atom is -0.493 e. The molecule has 0 saturated carbocycles. The van der Waals surface area contributed by atoms with Crippen molar-refractivity contribution in [3.8, 4) is 5.75 Å². The van der Waals surface area contributed by atoms with Crippen LogP contribution in [0, 0.1) is 0 Å². The number of ether oxygens (including phenoxy) is 2. The molecule has 0 spiro atoms. The summed E-state index contributed by atoms with van der Waals surface area (Å²) in [5.74, 6) is 6.50. The van der Waals surface area contributed by atoms with E-state index in [4.69, 9.17) is 15.3 Å². The average molecular weight is 270 g/mol. The summed E-state index contributed by atoms with van der Waals surface area (Å²) in [4.78, 5) is 0. The number of hydrazine groups is 1. The maximum absolute atomic E-state index is 5.92. The molecule has 0 aliphatic carbocycles. The van der Waals surface area contributed by atoms with Gasteiger partial charge in [-0.1, -0.05) is 6.92 Å². The Morgan fingerprint density at radius 2 is 2.16 bits per heavy atom. The summed E-state index contributed by atoms with van der Waals surface area (Å²) >= 11 is 0. The molecule has 3 N–H and O–H groups in total. The smallest absolute Gasteiger partial charge is 0.161 e. The number of nitrogens with one attached hydrogen (secondary N) is 1. The molecular weight excluding hydrogens is 244 g/mol. The average Bonchev–Trinajstić information content (AvgIpc) is 2.82. The van der Waals surface area contributed by atoms with Gasteiger partial charge in [0.2, 0.25) is 0 Å². The van der Waals surface area contributed by atoms with Gasteiger partial charge >= 0.3 is 0 Å². The van der Waals surface area contributed by atoms with Crippen LogP contribution in [0.15, 0.2) is 6.20 Å². The van der Waals surface area contributed by atoms with E-state index in [0.29, 0.717) is 6.61 Å². The van der Waals surface area contributed by atoms with E-state index in [2.05, 4.69) is 17.4 Å². The molecule has 0 fully saturated rings. The number of aromatic nitrogens is 2. The third kappa shape index (κ3) is 3.08. The zero-order valence-electron chi connectivity index (χ0n) is 12.6. The van der Waals surface area contributed by atoms with E-state index < -0.39 is 5.60 Å². The summed E-state index contributed by atoms with van der Waals surface area (Å²) in [6, 6.07) is -0.185. The maximum atomic E-state index is 5.92. The van der Waals surface area contributed by atoms with Gasteiger partial charge in [0.05, 0.1) is 24.9 Å². The summed E-state index contributed by atoms with van der Waals surface area (Å²) in [6.45, 7) is 9.53. The van der Waals surface area contributed by atoms with Gasteiger partial charge in [0.15, 0.2) is 5.75 Å². The molecular formula is C13H26N4O2. The molecule has 0 radical (unpaired) electrons. The van der Waals surface area contributed by atoms with Gasteiger partial charge in [-0.05, 0) is 27.2 Å². The van der Waals surface area contributed by atoms with Crippen molar-refractivity contribution in [3.63, 3.8) is 0 Å². The first kappa shape index (κ1) is 15.9. The fourth-order valence-electron chi connectivity index (χ4n) is 2.34. The molecule has 2 unspecified atom stereocenters. The fraction of sp³-hybridized carbons (Fsp3) is 0.769. The minimum absolute atomic E-state index is 0.185. The van der Waals surface area contributed by atoms with Crippen LogP contribution in [0.2, 0.25) is 0 Å². The Morgan fingerprint density at radius 1 is 1.47 bits per heavy atom. The summed E-state index contributed by atoms with van der Waals surface area (Å²) in [6.07, 6.45) is 2.54. The number of aryl methyl sites for hydroxylation is 1. The number of hydrogen-bond acceptors (Lipinski definition) is 5. The quantitative estimate of drug-likeness (QED) is 0.554. The van der Waals surface area contributed by atoms with Crippen LogP contribution in [0.4, 0.5) is 0 Å². The molecule has 6 heteroatoms. The number of methoxy groups -OCH3 is 1. The van der Waals surface area contributed by atoms with E-state index in [1.807, 2.05) is 25.5 Å². The van der Waals surface area contributed by atoms with Crippen molar-refractivity contribution in [2.45, 2.75) is 52.3 Å². The molecule has 0 bridgehead atoms. The predicted octanol–water partition coefficient (Wildman–Crippen LogP) is 1.62. The lowest BCUT2D eigenvalue weighted by molar-refractivity contribution is -0.0587. The van der Waals surface area contributed by atoms with Gasteiger partial charge in [0.1, 0.15) is 5.69 Å². The lowest BCUT2D eigenvalue weighted by atomic mass is 9.90. The zero-order valence-corrected chi connectivity index (χ0v) is 12.6. The molecule has 0 saturated heterocycles. The van der Waals surface area contributed by atoms with E-state index in [1.54, 1.807) is 13.3 Å². The number of nitrogens with zero attached hydrogens (tertiary/aromatic N) is 2. The van der Waals surface area contributed by atoms with Crippen LogP contribution >= 0.6 is 0 Å². The molecule has 110 valence electrons. The van der Waals surface area contributed by atoms with Gasteiger partial charge < -0.3 is 9.47 Å². The summed E-state index contributed by atoms with van der Waals surface area (Å²) < 4.78 is 13.2. The molecule has 2 atom stereocenters. The zero-order chi connectivity index (χ0) is 14.5. The molecule has 0 aromatic carbocycles. The molecule has 0 aliphatic heterocycles. The van der Waals surface area contributed by atoms with E-state index in [9.17, 15) is 0 Å². The van der Waals surface area contributed by atoms with Gasteiger partial charge in [0.25, 0.3) is 0 Å². The molecule has 1 rings (SSSR count). The topological polar surface area (TPSA) is 74.3 Å². The SMILES string of the molecule is CCOC(C)(CC)C(NN)c1c(OC)cnn1CC. The molecule has 0 aliphatic rings. The molecule has 1 heterocycles.